The first-order valence-corrected chi connectivity index (χ1v) is 4.96. The summed E-state index contributed by atoms with van der Waals surface area (Å²) in [7, 11) is 0. The molecule has 1 aliphatic carbocycles. The average Bonchev–Trinajstić information content (AvgIpc) is 1.97. The van der Waals surface area contributed by atoms with Crippen molar-refractivity contribution >= 4 is 5.78 Å². The molecular formula is C11H19NO. The Labute approximate surface area is 80.4 Å². The Morgan fingerprint density at radius 3 is 2.69 bits per heavy atom. The Hall–Kier alpha value is -0.630. The van der Waals surface area contributed by atoms with E-state index in [4.69, 9.17) is 0 Å². The van der Waals surface area contributed by atoms with E-state index in [1.54, 1.807) is 0 Å². The minimum Gasteiger partial charge on any atom is -0.313 e. The summed E-state index contributed by atoms with van der Waals surface area (Å²) in [4.78, 5) is 11.3. The van der Waals surface area contributed by atoms with Crippen LogP contribution in [-0.2, 0) is 4.79 Å². The molecule has 1 rings (SSSR count). The lowest BCUT2D eigenvalue weighted by atomic mass is 9.77. The maximum atomic E-state index is 11.3. The van der Waals surface area contributed by atoms with Gasteiger partial charge in [-0.2, -0.15) is 0 Å². The van der Waals surface area contributed by atoms with Crippen LogP contribution in [-0.4, -0.2) is 18.9 Å². The lowest BCUT2D eigenvalue weighted by Gasteiger charge is -2.28. The fraction of sp³-hybridized carbons (Fsp3) is 0.727. The second-order valence-electron chi connectivity index (χ2n) is 4.57. The topological polar surface area (TPSA) is 29.1 Å². The first-order valence-electron chi connectivity index (χ1n) is 4.96. The summed E-state index contributed by atoms with van der Waals surface area (Å²) >= 11 is 0. The summed E-state index contributed by atoms with van der Waals surface area (Å²) < 4.78 is 0. The first kappa shape index (κ1) is 10.5. The van der Waals surface area contributed by atoms with Crippen LogP contribution in [0.5, 0.6) is 0 Å². The average molecular weight is 181 g/mol. The van der Waals surface area contributed by atoms with Crippen molar-refractivity contribution in [1.82, 2.24) is 5.32 Å². The van der Waals surface area contributed by atoms with Crippen LogP contribution in [0, 0.1) is 5.41 Å². The van der Waals surface area contributed by atoms with Crippen molar-refractivity contribution in [3.05, 3.63) is 11.6 Å². The molecular weight excluding hydrogens is 162 g/mol. The van der Waals surface area contributed by atoms with Crippen molar-refractivity contribution in [3.8, 4) is 0 Å². The van der Waals surface area contributed by atoms with Gasteiger partial charge in [-0.15, -0.1) is 0 Å². The maximum Gasteiger partial charge on any atom is 0.156 e. The predicted octanol–water partition coefficient (Wildman–Crippen LogP) is 1.91. The number of nitrogens with one attached hydrogen (secondary N) is 1. The van der Waals surface area contributed by atoms with Crippen LogP contribution in [0.1, 0.15) is 33.6 Å². The molecule has 0 amide bonds. The summed E-state index contributed by atoms with van der Waals surface area (Å²) in [6, 6.07) is 0. The van der Waals surface area contributed by atoms with E-state index in [0.29, 0.717) is 6.42 Å². The van der Waals surface area contributed by atoms with Gasteiger partial charge in [-0.1, -0.05) is 26.3 Å². The molecule has 74 valence electrons. The number of allylic oxidation sites excluding steroid dienone is 1. The zero-order valence-corrected chi connectivity index (χ0v) is 8.81. The molecule has 0 saturated carbocycles. The van der Waals surface area contributed by atoms with Crippen LogP contribution in [0.2, 0.25) is 0 Å². The van der Waals surface area contributed by atoms with Gasteiger partial charge in [0.15, 0.2) is 5.78 Å². The number of carbonyl (C=O) groups is 1. The molecule has 1 N–H and O–H groups in total. The highest BCUT2D eigenvalue weighted by molar-refractivity contribution is 5.91. The molecule has 0 aromatic carbocycles. The van der Waals surface area contributed by atoms with Crippen molar-refractivity contribution in [2.75, 3.05) is 13.1 Å². The lowest BCUT2D eigenvalue weighted by Crippen LogP contribution is -2.26. The van der Waals surface area contributed by atoms with Gasteiger partial charge in [0.05, 0.1) is 0 Å². The highest BCUT2D eigenvalue weighted by Gasteiger charge is 2.26. The van der Waals surface area contributed by atoms with E-state index in [1.807, 2.05) is 6.08 Å². The molecule has 0 radical (unpaired) electrons. The zero-order valence-electron chi connectivity index (χ0n) is 8.81. The van der Waals surface area contributed by atoms with Crippen molar-refractivity contribution < 1.29 is 4.79 Å². The fourth-order valence-electron chi connectivity index (χ4n) is 1.88. The summed E-state index contributed by atoms with van der Waals surface area (Å²) in [6.07, 6.45) is 3.56. The molecule has 0 atom stereocenters. The molecule has 0 aliphatic heterocycles. The summed E-state index contributed by atoms with van der Waals surface area (Å²) in [5, 5.41) is 3.26. The third-order valence-electron chi connectivity index (χ3n) is 2.33. The van der Waals surface area contributed by atoms with Crippen LogP contribution in [0.4, 0.5) is 0 Å². The van der Waals surface area contributed by atoms with E-state index in [9.17, 15) is 4.79 Å². The number of rotatable bonds is 3. The minimum absolute atomic E-state index is 0.163. The minimum atomic E-state index is 0.163. The van der Waals surface area contributed by atoms with Crippen LogP contribution in [0.3, 0.4) is 0 Å². The van der Waals surface area contributed by atoms with E-state index in [1.165, 1.54) is 5.57 Å². The monoisotopic (exact) mass is 181 g/mol. The quantitative estimate of drug-likeness (QED) is 0.720. The molecule has 0 spiro atoms. The van der Waals surface area contributed by atoms with Crippen LogP contribution < -0.4 is 5.32 Å². The van der Waals surface area contributed by atoms with E-state index in [0.717, 1.165) is 19.5 Å². The van der Waals surface area contributed by atoms with Crippen LogP contribution in [0.25, 0.3) is 0 Å². The van der Waals surface area contributed by atoms with E-state index < -0.39 is 0 Å². The Kier molecular flexibility index (Phi) is 3.26. The highest BCUT2D eigenvalue weighted by atomic mass is 16.1. The predicted molar refractivity (Wildman–Crippen MR) is 54.6 cm³/mol. The molecule has 0 fully saturated rings. The van der Waals surface area contributed by atoms with Crippen molar-refractivity contribution in [2.24, 2.45) is 5.41 Å². The van der Waals surface area contributed by atoms with E-state index in [2.05, 4.69) is 26.1 Å². The molecule has 0 bridgehead atoms. The molecule has 1 aliphatic rings. The SMILES string of the molecule is CCNCC1=CC(=O)CC(C)(C)C1. The van der Waals surface area contributed by atoms with Crippen molar-refractivity contribution in [3.63, 3.8) is 0 Å². The van der Waals surface area contributed by atoms with Gasteiger partial charge in [0.1, 0.15) is 0 Å². The number of hydrogen-bond donors (Lipinski definition) is 1. The van der Waals surface area contributed by atoms with Crippen molar-refractivity contribution in [2.45, 2.75) is 33.6 Å². The Morgan fingerprint density at radius 2 is 2.15 bits per heavy atom. The van der Waals surface area contributed by atoms with Gasteiger partial charge in [-0.3, -0.25) is 4.79 Å². The summed E-state index contributed by atoms with van der Waals surface area (Å²) in [6.45, 7) is 8.22. The Balaban J connectivity index is 2.59. The van der Waals surface area contributed by atoms with E-state index >= 15 is 0 Å². The fourth-order valence-corrected chi connectivity index (χ4v) is 1.88. The lowest BCUT2D eigenvalue weighted by molar-refractivity contribution is -0.117. The van der Waals surface area contributed by atoms with Gasteiger partial charge in [0.25, 0.3) is 0 Å². The number of ketones is 1. The van der Waals surface area contributed by atoms with Crippen LogP contribution >= 0.6 is 0 Å². The third kappa shape index (κ3) is 3.31. The van der Waals surface area contributed by atoms with Gasteiger partial charge in [0, 0.05) is 13.0 Å². The largest absolute Gasteiger partial charge is 0.313 e. The Morgan fingerprint density at radius 1 is 1.46 bits per heavy atom. The number of likely N-dealkylation sites (N-methyl/N-ethyl adjacent to an activating group) is 1. The zero-order chi connectivity index (χ0) is 9.90. The second-order valence-corrected chi connectivity index (χ2v) is 4.57. The second kappa shape index (κ2) is 4.05. The smallest absolute Gasteiger partial charge is 0.156 e. The molecule has 0 aromatic heterocycles. The molecule has 0 unspecified atom stereocenters. The molecule has 0 aromatic rings. The van der Waals surface area contributed by atoms with Gasteiger partial charge in [0.2, 0.25) is 0 Å². The Bertz CT molecular complexity index is 228. The van der Waals surface area contributed by atoms with Crippen LogP contribution in [0.15, 0.2) is 11.6 Å². The third-order valence-corrected chi connectivity index (χ3v) is 2.33. The van der Waals surface area contributed by atoms with Gasteiger partial charge in [-0.05, 0) is 24.5 Å². The summed E-state index contributed by atoms with van der Waals surface area (Å²) in [5.41, 5.74) is 1.42. The van der Waals surface area contributed by atoms with Gasteiger partial charge >= 0.3 is 0 Å². The van der Waals surface area contributed by atoms with Crippen molar-refractivity contribution in [1.29, 1.82) is 0 Å². The number of hydrogen-bond acceptors (Lipinski definition) is 2. The first-order chi connectivity index (χ1) is 6.03. The van der Waals surface area contributed by atoms with E-state index in [-0.39, 0.29) is 11.2 Å². The molecule has 13 heavy (non-hydrogen) atoms. The standard InChI is InChI=1S/C11H19NO/c1-4-12-8-9-5-10(13)7-11(2,3)6-9/h5,12H,4,6-8H2,1-3H3. The summed E-state index contributed by atoms with van der Waals surface area (Å²) in [5.74, 6) is 0.282. The molecule has 0 heterocycles. The van der Waals surface area contributed by atoms with Gasteiger partial charge in [-0.25, -0.2) is 0 Å². The molecule has 0 saturated heterocycles. The highest BCUT2D eigenvalue weighted by Crippen LogP contribution is 2.33. The normalized spacial score (nSPS) is 21.5. The maximum absolute atomic E-state index is 11.3. The van der Waals surface area contributed by atoms with Gasteiger partial charge < -0.3 is 5.32 Å². The molecule has 2 nitrogen and oxygen atoms in total. The number of carbonyl (C=O) groups excluding carboxylic acids is 1. The molecule has 2 heteroatoms.